The summed E-state index contributed by atoms with van der Waals surface area (Å²) >= 11 is 1.43. The van der Waals surface area contributed by atoms with Gasteiger partial charge in [-0.15, -0.1) is 11.3 Å². The van der Waals surface area contributed by atoms with Gasteiger partial charge in [-0.2, -0.15) is 0 Å². The Morgan fingerprint density at radius 3 is 2.81 bits per heavy atom. The van der Waals surface area contributed by atoms with Crippen molar-refractivity contribution in [3.63, 3.8) is 0 Å². The van der Waals surface area contributed by atoms with Crippen molar-refractivity contribution in [2.24, 2.45) is 0 Å². The highest BCUT2D eigenvalue weighted by Crippen LogP contribution is 2.20. The molecule has 1 aromatic heterocycles. The van der Waals surface area contributed by atoms with E-state index >= 15 is 0 Å². The Kier molecular flexibility index (Phi) is 5.30. The van der Waals surface area contributed by atoms with Crippen molar-refractivity contribution in [2.75, 3.05) is 21.3 Å². The van der Waals surface area contributed by atoms with Crippen LogP contribution in [0.5, 0.6) is 5.75 Å². The highest BCUT2D eigenvalue weighted by atomic mass is 32.1. The van der Waals surface area contributed by atoms with Gasteiger partial charge >= 0.3 is 0 Å². The van der Waals surface area contributed by atoms with Gasteiger partial charge in [0.25, 0.3) is 5.91 Å². The van der Waals surface area contributed by atoms with Gasteiger partial charge in [0.05, 0.1) is 13.7 Å². The maximum absolute atomic E-state index is 12.4. The maximum atomic E-state index is 12.4. The number of thiazole rings is 1. The van der Waals surface area contributed by atoms with Crippen LogP contribution in [0.2, 0.25) is 0 Å². The van der Waals surface area contributed by atoms with Gasteiger partial charge in [-0.3, -0.25) is 4.79 Å². The predicted octanol–water partition coefficient (Wildman–Crippen LogP) is 2.57. The van der Waals surface area contributed by atoms with Crippen LogP contribution in [0.3, 0.4) is 0 Å². The maximum Gasteiger partial charge on any atom is 0.273 e. The van der Waals surface area contributed by atoms with Crippen molar-refractivity contribution in [1.82, 2.24) is 9.88 Å². The van der Waals surface area contributed by atoms with Crippen molar-refractivity contribution in [2.45, 2.75) is 13.2 Å². The molecule has 0 unspecified atom stereocenters. The Morgan fingerprint density at radius 2 is 2.10 bits per heavy atom. The number of hydrogen-bond donors (Lipinski definition) is 0. The number of hydrogen-bond acceptors (Lipinski definition) is 5. The molecule has 0 bridgehead atoms. The molecule has 0 saturated carbocycles. The monoisotopic (exact) mass is 306 g/mol. The molecule has 0 radical (unpaired) electrons. The molecule has 0 atom stereocenters. The molecule has 0 aliphatic rings. The first-order chi connectivity index (χ1) is 10.2. The van der Waals surface area contributed by atoms with Crippen molar-refractivity contribution in [3.8, 4) is 5.75 Å². The first-order valence-electron chi connectivity index (χ1n) is 6.46. The second-order valence-corrected chi connectivity index (χ2v) is 5.48. The van der Waals surface area contributed by atoms with E-state index in [-0.39, 0.29) is 5.91 Å². The van der Waals surface area contributed by atoms with E-state index in [0.29, 0.717) is 18.8 Å². The number of para-hydroxylation sites is 1. The standard InChI is InChI=1S/C15H18N2O3S/c1-17(8-11-6-4-5-7-13(11)20-3)15(18)12-10-21-14(16-12)9-19-2/h4-7,10H,8-9H2,1-3H3. The lowest BCUT2D eigenvalue weighted by Gasteiger charge is -2.17. The molecule has 0 N–H and O–H groups in total. The molecular weight excluding hydrogens is 288 g/mol. The predicted molar refractivity (Wildman–Crippen MR) is 81.6 cm³/mol. The number of rotatable bonds is 6. The van der Waals surface area contributed by atoms with E-state index < -0.39 is 0 Å². The van der Waals surface area contributed by atoms with Crippen LogP contribution >= 0.6 is 11.3 Å². The molecule has 6 heteroatoms. The minimum Gasteiger partial charge on any atom is -0.496 e. The molecule has 2 aromatic rings. The van der Waals surface area contributed by atoms with Gasteiger partial charge in [0.2, 0.25) is 0 Å². The minimum atomic E-state index is -0.112. The summed E-state index contributed by atoms with van der Waals surface area (Å²) in [6, 6.07) is 7.66. The molecule has 0 aliphatic heterocycles. The molecule has 2 rings (SSSR count). The van der Waals surface area contributed by atoms with Crippen LogP contribution in [0, 0.1) is 0 Å². The fourth-order valence-electron chi connectivity index (χ4n) is 1.96. The van der Waals surface area contributed by atoms with Crippen molar-refractivity contribution in [1.29, 1.82) is 0 Å². The van der Waals surface area contributed by atoms with Crippen LogP contribution in [0.1, 0.15) is 21.1 Å². The van der Waals surface area contributed by atoms with Crippen LogP contribution in [0.15, 0.2) is 29.6 Å². The van der Waals surface area contributed by atoms with E-state index in [1.165, 1.54) is 11.3 Å². The Bertz CT molecular complexity index is 612. The Balaban J connectivity index is 2.08. The van der Waals surface area contributed by atoms with E-state index in [2.05, 4.69) is 4.98 Å². The highest BCUT2D eigenvalue weighted by Gasteiger charge is 2.17. The Labute approximate surface area is 128 Å². The highest BCUT2D eigenvalue weighted by molar-refractivity contribution is 7.09. The summed E-state index contributed by atoms with van der Waals surface area (Å²) in [5.41, 5.74) is 1.41. The summed E-state index contributed by atoms with van der Waals surface area (Å²) in [5.74, 6) is 0.662. The van der Waals surface area contributed by atoms with Crippen LogP contribution < -0.4 is 4.74 Å². The lowest BCUT2D eigenvalue weighted by atomic mass is 10.2. The number of carbonyl (C=O) groups excluding carboxylic acids is 1. The molecule has 1 amide bonds. The molecule has 0 fully saturated rings. The van der Waals surface area contributed by atoms with Crippen LogP contribution in [0.4, 0.5) is 0 Å². The number of benzene rings is 1. The molecular formula is C15H18N2O3S. The van der Waals surface area contributed by atoms with Gasteiger partial charge in [0, 0.05) is 31.6 Å². The number of ether oxygens (including phenoxy) is 2. The lowest BCUT2D eigenvalue weighted by molar-refractivity contribution is 0.0778. The number of carbonyl (C=O) groups is 1. The zero-order chi connectivity index (χ0) is 15.2. The molecule has 1 aromatic carbocycles. The molecule has 112 valence electrons. The minimum absolute atomic E-state index is 0.112. The van der Waals surface area contributed by atoms with E-state index in [9.17, 15) is 4.79 Å². The summed E-state index contributed by atoms with van der Waals surface area (Å²) in [5, 5.41) is 2.56. The van der Waals surface area contributed by atoms with Gasteiger partial charge in [0.1, 0.15) is 16.5 Å². The van der Waals surface area contributed by atoms with Gasteiger partial charge in [-0.25, -0.2) is 4.98 Å². The molecule has 0 spiro atoms. The third-order valence-corrected chi connectivity index (χ3v) is 3.81. The second-order valence-electron chi connectivity index (χ2n) is 4.53. The number of nitrogens with zero attached hydrogens (tertiary/aromatic N) is 2. The summed E-state index contributed by atoms with van der Waals surface area (Å²) in [6.07, 6.45) is 0. The summed E-state index contributed by atoms with van der Waals surface area (Å²) < 4.78 is 10.3. The van der Waals surface area contributed by atoms with E-state index in [4.69, 9.17) is 9.47 Å². The second kappa shape index (κ2) is 7.19. The fraction of sp³-hybridized carbons (Fsp3) is 0.333. The van der Waals surface area contributed by atoms with Gasteiger partial charge in [-0.05, 0) is 6.07 Å². The van der Waals surface area contributed by atoms with E-state index in [1.54, 1.807) is 31.5 Å². The third kappa shape index (κ3) is 3.80. The van der Waals surface area contributed by atoms with Crippen LogP contribution in [-0.2, 0) is 17.9 Å². The van der Waals surface area contributed by atoms with Gasteiger partial charge in [0.15, 0.2) is 0 Å². The lowest BCUT2D eigenvalue weighted by Crippen LogP contribution is -2.26. The number of methoxy groups -OCH3 is 2. The fourth-order valence-corrected chi connectivity index (χ4v) is 2.69. The zero-order valence-electron chi connectivity index (χ0n) is 12.3. The summed E-state index contributed by atoms with van der Waals surface area (Å²) in [7, 11) is 4.99. The summed E-state index contributed by atoms with van der Waals surface area (Å²) in [4.78, 5) is 18.3. The average Bonchev–Trinajstić information content (AvgIpc) is 2.96. The smallest absolute Gasteiger partial charge is 0.273 e. The van der Waals surface area contributed by atoms with Crippen LogP contribution in [-0.4, -0.2) is 37.1 Å². The number of amides is 1. The zero-order valence-corrected chi connectivity index (χ0v) is 13.1. The molecule has 21 heavy (non-hydrogen) atoms. The molecule has 0 aliphatic carbocycles. The summed E-state index contributed by atoms with van der Waals surface area (Å²) in [6.45, 7) is 0.897. The van der Waals surface area contributed by atoms with E-state index in [1.807, 2.05) is 24.3 Å². The third-order valence-electron chi connectivity index (χ3n) is 2.99. The Hall–Kier alpha value is -1.92. The van der Waals surface area contributed by atoms with Crippen molar-refractivity contribution >= 4 is 17.2 Å². The Morgan fingerprint density at radius 1 is 1.33 bits per heavy atom. The molecule has 5 nitrogen and oxygen atoms in total. The number of aromatic nitrogens is 1. The van der Waals surface area contributed by atoms with Gasteiger partial charge in [-0.1, -0.05) is 18.2 Å². The first kappa shape index (κ1) is 15.5. The van der Waals surface area contributed by atoms with Crippen molar-refractivity contribution in [3.05, 3.63) is 45.9 Å². The largest absolute Gasteiger partial charge is 0.496 e. The normalized spacial score (nSPS) is 10.4. The van der Waals surface area contributed by atoms with E-state index in [0.717, 1.165) is 16.3 Å². The van der Waals surface area contributed by atoms with Crippen molar-refractivity contribution < 1.29 is 14.3 Å². The topological polar surface area (TPSA) is 51.7 Å². The SMILES string of the molecule is COCc1nc(C(=O)N(C)Cc2ccccc2OC)cs1. The first-order valence-corrected chi connectivity index (χ1v) is 7.34. The molecule has 1 heterocycles. The quantitative estimate of drug-likeness (QED) is 0.823. The average molecular weight is 306 g/mol. The van der Waals surface area contributed by atoms with Crippen LogP contribution in [0.25, 0.3) is 0 Å². The molecule has 0 saturated heterocycles. The van der Waals surface area contributed by atoms with Gasteiger partial charge < -0.3 is 14.4 Å².